The van der Waals surface area contributed by atoms with Crippen LogP contribution in [0.15, 0.2) is 12.1 Å². The maximum Gasteiger partial charge on any atom is 0.162 e. The highest BCUT2D eigenvalue weighted by atomic mass is 35.5. The molecule has 0 radical (unpaired) electrons. The van der Waals surface area contributed by atoms with Crippen molar-refractivity contribution in [2.45, 2.75) is 51.5 Å². The Morgan fingerprint density at radius 1 is 1.05 bits per heavy atom. The maximum atomic E-state index is 6.40. The Labute approximate surface area is 134 Å². The molecule has 1 N–H and O–H groups in total. The average molecular weight is 314 g/mol. The molecule has 21 heavy (non-hydrogen) atoms. The number of rotatable bonds is 10. The molecule has 0 aliphatic carbocycles. The van der Waals surface area contributed by atoms with Gasteiger partial charge in [-0.2, -0.15) is 0 Å². The van der Waals surface area contributed by atoms with Gasteiger partial charge in [0.15, 0.2) is 11.5 Å². The molecule has 0 bridgehead atoms. The van der Waals surface area contributed by atoms with E-state index in [2.05, 4.69) is 12.2 Å². The molecule has 1 unspecified atom stereocenters. The van der Waals surface area contributed by atoms with E-state index in [1.807, 2.05) is 19.2 Å². The quantitative estimate of drug-likeness (QED) is 0.618. The smallest absolute Gasteiger partial charge is 0.162 e. The summed E-state index contributed by atoms with van der Waals surface area (Å²) in [5.74, 6) is 1.40. The normalized spacial score (nSPS) is 12.2. The van der Waals surface area contributed by atoms with Gasteiger partial charge in [0.2, 0.25) is 0 Å². The highest BCUT2D eigenvalue weighted by Gasteiger charge is 2.16. The summed E-state index contributed by atoms with van der Waals surface area (Å²) < 4.78 is 10.7. The van der Waals surface area contributed by atoms with Crippen LogP contribution < -0.4 is 14.8 Å². The third kappa shape index (κ3) is 5.40. The fourth-order valence-corrected chi connectivity index (χ4v) is 2.83. The zero-order valence-electron chi connectivity index (χ0n) is 13.7. The van der Waals surface area contributed by atoms with Gasteiger partial charge in [0.25, 0.3) is 0 Å². The van der Waals surface area contributed by atoms with Gasteiger partial charge in [0, 0.05) is 17.1 Å². The van der Waals surface area contributed by atoms with E-state index in [-0.39, 0.29) is 6.04 Å². The lowest BCUT2D eigenvalue weighted by Crippen LogP contribution is -2.17. The van der Waals surface area contributed by atoms with E-state index in [4.69, 9.17) is 21.1 Å². The van der Waals surface area contributed by atoms with Gasteiger partial charge in [-0.15, -0.1) is 0 Å². The van der Waals surface area contributed by atoms with Gasteiger partial charge in [0.1, 0.15) is 0 Å². The van der Waals surface area contributed by atoms with Crippen molar-refractivity contribution < 1.29 is 9.47 Å². The highest BCUT2D eigenvalue weighted by Crippen LogP contribution is 2.37. The molecular weight excluding hydrogens is 286 g/mol. The predicted octanol–water partition coefficient (Wildman–Crippen LogP) is 4.98. The monoisotopic (exact) mass is 313 g/mol. The van der Waals surface area contributed by atoms with Gasteiger partial charge in [-0.05, 0) is 25.1 Å². The summed E-state index contributed by atoms with van der Waals surface area (Å²) in [5.41, 5.74) is 1.08. The largest absolute Gasteiger partial charge is 0.493 e. The first-order valence-electron chi connectivity index (χ1n) is 7.76. The molecule has 1 atom stereocenters. The molecule has 0 fully saturated rings. The van der Waals surface area contributed by atoms with Crippen LogP contribution in [0.2, 0.25) is 5.02 Å². The molecule has 0 heterocycles. The van der Waals surface area contributed by atoms with Crippen molar-refractivity contribution in [3.8, 4) is 11.5 Å². The van der Waals surface area contributed by atoms with Crippen molar-refractivity contribution in [2.75, 3.05) is 21.3 Å². The highest BCUT2D eigenvalue weighted by molar-refractivity contribution is 6.31. The molecule has 0 aliphatic heterocycles. The Morgan fingerprint density at radius 2 is 1.67 bits per heavy atom. The molecule has 0 saturated carbocycles. The Bertz CT molecular complexity index is 423. The van der Waals surface area contributed by atoms with E-state index >= 15 is 0 Å². The van der Waals surface area contributed by atoms with E-state index < -0.39 is 0 Å². The second-order valence-corrected chi connectivity index (χ2v) is 5.68. The van der Waals surface area contributed by atoms with E-state index in [1.165, 1.54) is 32.1 Å². The van der Waals surface area contributed by atoms with Crippen molar-refractivity contribution in [3.05, 3.63) is 22.7 Å². The lowest BCUT2D eigenvalue weighted by molar-refractivity contribution is 0.353. The van der Waals surface area contributed by atoms with Crippen LogP contribution >= 0.6 is 11.6 Å². The number of unbranched alkanes of at least 4 members (excludes halogenated alkanes) is 4. The van der Waals surface area contributed by atoms with Crippen molar-refractivity contribution in [2.24, 2.45) is 0 Å². The fraction of sp³-hybridized carbons (Fsp3) is 0.647. The number of ether oxygens (including phenoxy) is 2. The Hall–Kier alpha value is -0.930. The van der Waals surface area contributed by atoms with E-state index in [0.29, 0.717) is 5.75 Å². The number of hydrogen-bond donors (Lipinski definition) is 1. The molecule has 0 spiro atoms. The molecule has 1 aromatic rings. The predicted molar refractivity (Wildman–Crippen MR) is 89.7 cm³/mol. The minimum Gasteiger partial charge on any atom is -0.493 e. The minimum absolute atomic E-state index is 0.249. The van der Waals surface area contributed by atoms with Gasteiger partial charge in [-0.1, -0.05) is 50.6 Å². The maximum absolute atomic E-state index is 6.40. The first kappa shape index (κ1) is 18.1. The van der Waals surface area contributed by atoms with Crippen LogP contribution in [0.3, 0.4) is 0 Å². The fourth-order valence-electron chi connectivity index (χ4n) is 2.54. The van der Waals surface area contributed by atoms with Gasteiger partial charge in [-0.25, -0.2) is 0 Å². The van der Waals surface area contributed by atoms with Gasteiger partial charge >= 0.3 is 0 Å². The summed E-state index contributed by atoms with van der Waals surface area (Å²) in [4.78, 5) is 0. The summed E-state index contributed by atoms with van der Waals surface area (Å²) in [7, 11) is 5.25. The van der Waals surface area contributed by atoms with Crippen LogP contribution in [-0.4, -0.2) is 21.3 Å². The Balaban J connectivity index is 2.75. The lowest BCUT2D eigenvalue weighted by Gasteiger charge is -2.20. The summed E-state index contributed by atoms with van der Waals surface area (Å²) >= 11 is 6.40. The molecule has 3 nitrogen and oxygen atoms in total. The van der Waals surface area contributed by atoms with Gasteiger partial charge < -0.3 is 14.8 Å². The van der Waals surface area contributed by atoms with Crippen molar-refractivity contribution in [1.29, 1.82) is 0 Å². The van der Waals surface area contributed by atoms with E-state index in [9.17, 15) is 0 Å². The number of halogens is 1. The van der Waals surface area contributed by atoms with Crippen molar-refractivity contribution in [1.82, 2.24) is 5.32 Å². The first-order chi connectivity index (χ1) is 10.2. The summed E-state index contributed by atoms with van der Waals surface area (Å²) in [6, 6.07) is 4.06. The van der Waals surface area contributed by atoms with Crippen molar-refractivity contribution >= 4 is 11.6 Å². The zero-order valence-corrected chi connectivity index (χ0v) is 14.4. The average Bonchev–Trinajstić information content (AvgIpc) is 2.51. The van der Waals surface area contributed by atoms with E-state index in [0.717, 1.165) is 22.8 Å². The molecule has 4 heteroatoms. The molecule has 0 saturated heterocycles. The minimum atomic E-state index is 0.249. The topological polar surface area (TPSA) is 30.5 Å². The summed E-state index contributed by atoms with van der Waals surface area (Å²) in [5, 5.41) is 4.08. The van der Waals surface area contributed by atoms with Gasteiger partial charge in [0.05, 0.1) is 14.2 Å². The SMILES string of the molecule is CCCCCCCC(NC)c1cc(OC)c(OC)cc1Cl. The van der Waals surface area contributed by atoms with Crippen LogP contribution in [0.5, 0.6) is 11.5 Å². The number of nitrogens with one attached hydrogen (secondary N) is 1. The molecule has 0 aliphatic rings. The molecule has 0 amide bonds. The summed E-state index contributed by atoms with van der Waals surface area (Å²) in [6.07, 6.45) is 7.47. The van der Waals surface area contributed by atoms with Crippen LogP contribution in [0.4, 0.5) is 0 Å². The summed E-state index contributed by atoms with van der Waals surface area (Å²) in [6.45, 7) is 2.24. The number of benzene rings is 1. The number of methoxy groups -OCH3 is 2. The zero-order chi connectivity index (χ0) is 15.7. The van der Waals surface area contributed by atoms with Crippen LogP contribution in [0, 0.1) is 0 Å². The third-order valence-corrected chi connectivity index (χ3v) is 4.15. The van der Waals surface area contributed by atoms with Crippen molar-refractivity contribution in [3.63, 3.8) is 0 Å². The first-order valence-corrected chi connectivity index (χ1v) is 8.14. The van der Waals surface area contributed by atoms with Crippen LogP contribution in [-0.2, 0) is 0 Å². The number of hydrogen-bond acceptors (Lipinski definition) is 3. The Morgan fingerprint density at radius 3 is 2.24 bits per heavy atom. The van der Waals surface area contributed by atoms with Gasteiger partial charge in [-0.3, -0.25) is 0 Å². The lowest BCUT2D eigenvalue weighted by atomic mass is 9.99. The molecule has 1 rings (SSSR count). The van der Waals surface area contributed by atoms with Crippen LogP contribution in [0.1, 0.15) is 57.1 Å². The molecule has 120 valence electrons. The second-order valence-electron chi connectivity index (χ2n) is 5.27. The second kappa shape index (κ2) is 9.91. The standard InChI is InChI=1S/C17H28ClNO2/c1-5-6-7-8-9-10-15(19-2)13-11-16(20-3)17(21-4)12-14(13)18/h11-12,15,19H,5-10H2,1-4H3. The molecular formula is C17H28ClNO2. The van der Waals surface area contributed by atoms with E-state index in [1.54, 1.807) is 14.2 Å². The Kier molecular flexibility index (Phi) is 8.55. The van der Waals surface area contributed by atoms with Crippen LogP contribution in [0.25, 0.3) is 0 Å². The third-order valence-electron chi connectivity index (χ3n) is 3.82. The molecule has 1 aromatic carbocycles. The molecule has 0 aromatic heterocycles.